The van der Waals surface area contributed by atoms with Gasteiger partial charge in [0.05, 0.1) is 0 Å². The minimum atomic E-state index is 0.758. The molecule has 1 saturated carbocycles. The Morgan fingerprint density at radius 1 is 1.29 bits per heavy atom. The Labute approximate surface area is 133 Å². The van der Waals surface area contributed by atoms with Crippen LogP contribution in [0.1, 0.15) is 41.0 Å². The lowest BCUT2D eigenvalue weighted by Crippen LogP contribution is -2.41. The van der Waals surface area contributed by atoms with E-state index < -0.39 is 0 Å². The molecule has 1 aliphatic carbocycles. The largest absolute Gasteiger partial charge is 0.309 e. The van der Waals surface area contributed by atoms with Crippen molar-refractivity contribution in [3.05, 3.63) is 21.4 Å². The van der Waals surface area contributed by atoms with Gasteiger partial charge in [0.2, 0.25) is 0 Å². The minimum absolute atomic E-state index is 0.758. The molecule has 0 amide bonds. The van der Waals surface area contributed by atoms with Gasteiger partial charge in [0.25, 0.3) is 0 Å². The number of hydrogen-bond acceptors (Lipinski definition) is 4. The number of thiophene rings is 1. The molecular weight excluding hydrogens is 278 g/mol. The molecule has 3 rings (SSSR count). The van der Waals surface area contributed by atoms with E-state index in [4.69, 9.17) is 0 Å². The third-order valence-corrected chi connectivity index (χ3v) is 6.04. The van der Waals surface area contributed by atoms with Crippen LogP contribution in [0.4, 0.5) is 0 Å². The molecule has 2 fully saturated rings. The highest BCUT2D eigenvalue weighted by atomic mass is 32.1. The maximum absolute atomic E-state index is 3.63. The van der Waals surface area contributed by atoms with Crippen LogP contribution in [-0.4, -0.2) is 49.1 Å². The van der Waals surface area contributed by atoms with Gasteiger partial charge in [-0.1, -0.05) is 0 Å². The van der Waals surface area contributed by atoms with Crippen molar-refractivity contribution in [1.29, 1.82) is 0 Å². The van der Waals surface area contributed by atoms with E-state index in [1.165, 1.54) is 54.1 Å². The lowest BCUT2D eigenvalue weighted by atomic mass is 10.0. The summed E-state index contributed by atoms with van der Waals surface area (Å²) in [5.74, 6) is 0. The first-order chi connectivity index (χ1) is 10.1. The highest BCUT2D eigenvalue weighted by Crippen LogP contribution is 2.26. The van der Waals surface area contributed by atoms with E-state index in [-0.39, 0.29) is 0 Å². The maximum Gasteiger partial charge on any atom is 0.0302 e. The Bertz CT molecular complexity index is 459. The first kappa shape index (κ1) is 15.5. The number of piperidine rings is 1. The summed E-state index contributed by atoms with van der Waals surface area (Å²) in [7, 11) is 4.54. The highest BCUT2D eigenvalue weighted by Gasteiger charge is 2.22. The van der Waals surface area contributed by atoms with Gasteiger partial charge >= 0.3 is 0 Å². The standard InChI is InChI=1S/C17H29N3S/c1-13-14(10-17(21-13)11-18-15-4-5-15)12-20(3)16-6-8-19(2)9-7-16/h10,15-16,18H,4-9,11-12H2,1-3H3. The molecule has 21 heavy (non-hydrogen) atoms. The van der Waals surface area contributed by atoms with Gasteiger partial charge in [0.1, 0.15) is 0 Å². The molecule has 0 unspecified atom stereocenters. The normalized spacial score (nSPS) is 21.3. The van der Waals surface area contributed by atoms with Gasteiger partial charge in [-0.05, 0) is 71.4 Å². The van der Waals surface area contributed by atoms with Gasteiger partial charge in [-0.3, -0.25) is 4.90 Å². The van der Waals surface area contributed by atoms with Crippen molar-refractivity contribution in [3.63, 3.8) is 0 Å². The molecule has 1 saturated heterocycles. The SMILES string of the molecule is Cc1sc(CNC2CC2)cc1CN(C)C1CCN(C)CC1. The molecule has 0 spiro atoms. The van der Waals surface area contributed by atoms with Crippen molar-refractivity contribution >= 4 is 11.3 Å². The number of nitrogens with one attached hydrogen (secondary N) is 1. The Morgan fingerprint density at radius 3 is 2.67 bits per heavy atom. The van der Waals surface area contributed by atoms with Gasteiger partial charge in [0.15, 0.2) is 0 Å². The predicted molar refractivity (Wildman–Crippen MR) is 90.9 cm³/mol. The van der Waals surface area contributed by atoms with Gasteiger partial charge < -0.3 is 10.2 Å². The molecule has 4 heteroatoms. The van der Waals surface area contributed by atoms with Crippen LogP contribution >= 0.6 is 11.3 Å². The second-order valence-electron chi connectivity index (χ2n) is 6.90. The van der Waals surface area contributed by atoms with Crippen LogP contribution in [0.5, 0.6) is 0 Å². The fraction of sp³-hybridized carbons (Fsp3) is 0.765. The Kier molecular flexibility index (Phi) is 4.99. The topological polar surface area (TPSA) is 18.5 Å². The minimum Gasteiger partial charge on any atom is -0.309 e. The summed E-state index contributed by atoms with van der Waals surface area (Å²) in [6.07, 6.45) is 5.37. The summed E-state index contributed by atoms with van der Waals surface area (Å²) >= 11 is 1.98. The van der Waals surface area contributed by atoms with Crippen molar-refractivity contribution in [2.75, 3.05) is 27.2 Å². The van der Waals surface area contributed by atoms with Gasteiger partial charge in [-0.2, -0.15) is 0 Å². The quantitative estimate of drug-likeness (QED) is 0.872. The van der Waals surface area contributed by atoms with Gasteiger partial charge in [-0.15, -0.1) is 11.3 Å². The Morgan fingerprint density at radius 2 is 2.00 bits per heavy atom. The van der Waals surface area contributed by atoms with Crippen molar-refractivity contribution < 1.29 is 0 Å². The number of rotatable bonds is 6. The molecule has 1 aliphatic heterocycles. The average Bonchev–Trinajstić information content (AvgIpc) is 3.23. The number of likely N-dealkylation sites (tertiary alicyclic amines) is 1. The Balaban J connectivity index is 1.53. The molecule has 1 aromatic rings. The monoisotopic (exact) mass is 307 g/mol. The van der Waals surface area contributed by atoms with E-state index in [0.717, 1.165) is 25.2 Å². The molecule has 0 aromatic carbocycles. The third kappa shape index (κ3) is 4.28. The first-order valence-corrected chi connectivity index (χ1v) is 9.14. The fourth-order valence-corrected chi connectivity index (χ4v) is 4.20. The van der Waals surface area contributed by atoms with Gasteiger partial charge in [-0.25, -0.2) is 0 Å². The molecular formula is C17H29N3S. The van der Waals surface area contributed by atoms with Crippen molar-refractivity contribution in [2.24, 2.45) is 0 Å². The van der Waals surface area contributed by atoms with Crippen LogP contribution in [0.3, 0.4) is 0 Å². The van der Waals surface area contributed by atoms with Crippen LogP contribution in [0.2, 0.25) is 0 Å². The van der Waals surface area contributed by atoms with Crippen molar-refractivity contribution in [3.8, 4) is 0 Å². The lowest BCUT2D eigenvalue weighted by molar-refractivity contribution is 0.139. The van der Waals surface area contributed by atoms with E-state index in [2.05, 4.69) is 42.2 Å². The first-order valence-electron chi connectivity index (χ1n) is 8.32. The van der Waals surface area contributed by atoms with E-state index in [0.29, 0.717) is 0 Å². The summed E-state index contributed by atoms with van der Waals surface area (Å²) < 4.78 is 0. The second kappa shape index (κ2) is 6.78. The second-order valence-corrected chi connectivity index (χ2v) is 8.24. The summed E-state index contributed by atoms with van der Waals surface area (Å²) in [5.41, 5.74) is 1.54. The van der Waals surface area contributed by atoms with E-state index >= 15 is 0 Å². The van der Waals surface area contributed by atoms with Crippen LogP contribution < -0.4 is 5.32 Å². The fourth-order valence-electron chi connectivity index (χ4n) is 3.20. The molecule has 0 radical (unpaired) electrons. The van der Waals surface area contributed by atoms with E-state index in [1.54, 1.807) is 0 Å². The zero-order valence-electron chi connectivity index (χ0n) is 13.7. The molecule has 3 nitrogen and oxygen atoms in total. The lowest BCUT2D eigenvalue weighted by Gasteiger charge is -2.35. The molecule has 2 heterocycles. The highest BCUT2D eigenvalue weighted by molar-refractivity contribution is 7.12. The maximum atomic E-state index is 3.63. The molecule has 2 aliphatic rings. The molecule has 0 atom stereocenters. The van der Waals surface area contributed by atoms with E-state index in [1.807, 2.05) is 11.3 Å². The van der Waals surface area contributed by atoms with Crippen molar-refractivity contribution in [1.82, 2.24) is 15.1 Å². The predicted octanol–water partition coefficient (Wildman–Crippen LogP) is 2.83. The molecule has 118 valence electrons. The smallest absolute Gasteiger partial charge is 0.0302 e. The van der Waals surface area contributed by atoms with Crippen LogP contribution in [0, 0.1) is 6.92 Å². The van der Waals surface area contributed by atoms with Crippen molar-refractivity contribution in [2.45, 2.75) is 57.8 Å². The summed E-state index contributed by atoms with van der Waals surface area (Å²) in [6, 6.07) is 3.99. The summed E-state index contributed by atoms with van der Waals surface area (Å²) in [5, 5.41) is 3.63. The van der Waals surface area contributed by atoms with Gasteiger partial charge in [0, 0.05) is 34.9 Å². The number of nitrogens with zero attached hydrogens (tertiary/aromatic N) is 2. The summed E-state index contributed by atoms with van der Waals surface area (Å²) in [4.78, 5) is 8.02. The summed E-state index contributed by atoms with van der Waals surface area (Å²) in [6.45, 7) is 6.94. The van der Waals surface area contributed by atoms with Crippen LogP contribution in [0.15, 0.2) is 6.07 Å². The van der Waals surface area contributed by atoms with E-state index in [9.17, 15) is 0 Å². The average molecular weight is 308 g/mol. The molecule has 1 N–H and O–H groups in total. The van der Waals surface area contributed by atoms with Crippen LogP contribution in [0.25, 0.3) is 0 Å². The molecule has 0 bridgehead atoms. The number of aryl methyl sites for hydroxylation is 1. The zero-order valence-corrected chi connectivity index (χ0v) is 14.5. The van der Waals surface area contributed by atoms with Crippen LogP contribution in [-0.2, 0) is 13.1 Å². The zero-order chi connectivity index (χ0) is 14.8. The molecule has 1 aromatic heterocycles. The third-order valence-electron chi connectivity index (χ3n) is 4.95. The number of hydrogen-bond donors (Lipinski definition) is 1. The Hall–Kier alpha value is -0.420.